The van der Waals surface area contributed by atoms with Gasteiger partial charge in [0.15, 0.2) is 0 Å². The molecular weight excluding hydrogens is 254 g/mol. The monoisotopic (exact) mass is 273 g/mol. The van der Waals surface area contributed by atoms with E-state index in [1.165, 1.54) is 0 Å². The fraction of sp³-hybridized carbons (Fsp3) is 0.467. The summed E-state index contributed by atoms with van der Waals surface area (Å²) in [5, 5.41) is 11.7. The Kier molecular flexibility index (Phi) is 4.72. The lowest BCUT2D eigenvalue weighted by Crippen LogP contribution is -2.50. The number of morpholine rings is 1. The quantitative estimate of drug-likeness (QED) is 0.908. The van der Waals surface area contributed by atoms with Crippen LogP contribution in [0.25, 0.3) is 0 Å². The molecule has 1 saturated heterocycles. The van der Waals surface area contributed by atoms with E-state index < -0.39 is 0 Å². The van der Waals surface area contributed by atoms with Crippen LogP contribution in [0.3, 0.4) is 0 Å². The minimum atomic E-state index is -0.216. The molecule has 106 valence electrons. The van der Waals surface area contributed by atoms with Gasteiger partial charge in [-0.05, 0) is 32.0 Å². The second-order valence-electron chi connectivity index (χ2n) is 5.03. The van der Waals surface area contributed by atoms with Gasteiger partial charge in [0.1, 0.15) is 0 Å². The average molecular weight is 273 g/mol. The highest BCUT2D eigenvalue weighted by Gasteiger charge is 2.25. The topological polar surface area (TPSA) is 65.4 Å². The smallest absolute Gasteiger partial charge is 0.241 e. The van der Waals surface area contributed by atoms with Crippen LogP contribution >= 0.6 is 0 Å². The summed E-state index contributed by atoms with van der Waals surface area (Å²) < 4.78 is 5.48. The van der Waals surface area contributed by atoms with Crippen LogP contribution in [0.4, 0.5) is 5.69 Å². The summed E-state index contributed by atoms with van der Waals surface area (Å²) in [4.78, 5) is 14.4. The first-order valence-corrected chi connectivity index (χ1v) is 6.77. The van der Waals surface area contributed by atoms with E-state index in [2.05, 4.69) is 16.3 Å². The van der Waals surface area contributed by atoms with E-state index >= 15 is 0 Å². The third-order valence-electron chi connectivity index (χ3n) is 3.46. The number of anilines is 1. The van der Waals surface area contributed by atoms with Crippen LogP contribution in [0.5, 0.6) is 0 Å². The average Bonchev–Trinajstić information content (AvgIpc) is 2.46. The summed E-state index contributed by atoms with van der Waals surface area (Å²) in [6.45, 7) is 6.07. The molecule has 0 aliphatic carbocycles. The van der Waals surface area contributed by atoms with Crippen molar-refractivity contribution < 1.29 is 9.53 Å². The molecule has 1 heterocycles. The zero-order chi connectivity index (χ0) is 14.5. The maximum Gasteiger partial charge on any atom is 0.241 e. The molecule has 2 rings (SSSR count). The van der Waals surface area contributed by atoms with E-state index in [0.717, 1.165) is 13.1 Å². The molecule has 5 nitrogen and oxygen atoms in total. The summed E-state index contributed by atoms with van der Waals surface area (Å²) in [7, 11) is 0. The third kappa shape index (κ3) is 3.56. The van der Waals surface area contributed by atoms with Gasteiger partial charge in [-0.25, -0.2) is 0 Å². The van der Waals surface area contributed by atoms with Gasteiger partial charge in [0, 0.05) is 18.8 Å². The Morgan fingerprint density at radius 1 is 1.60 bits per heavy atom. The van der Waals surface area contributed by atoms with Crippen LogP contribution in [0.1, 0.15) is 19.4 Å². The first kappa shape index (κ1) is 14.5. The van der Waals surface area contributed by atoms with E-state index in [0.29, 0.717) is 17.9 Å². The lowest BCUT2D eigenvalue weighted by atomic mass is 10.2. The maximum absolute atomic E-state index is 12.2. The molecule has 1 amide bonds. The molecule has 1 N–H and O–H groups in total. The first-order chi connectivity index (χ1) is 9.60. The number of ether oxygens (including phenoxy) is 1. The molecule has 1 aliphatic rings. The number of nitriles is 1. The minimum absolute atomic E-state index is 0.0609. The number of hydrogen-bond donors (Lipinski definition) is 1. The summed E-state index contributed by atoms with van der Waals surface area (Å²) in [6, 6.07) is 8.77. The molecule has 20 heavy (non-hydrogen) atoms. The van der Waals surface area contributed by atoms with Crippen LogP contribution in [0, 0.1) is 11.3 Å². The fourth-order valence-electron chi connectivity index (χ4n) is 2.28. The molecule has 1 aliphatic heterocycles. The molecule has 5 heteroatoms. The van der Waals surface area contributed by atoms with Crippen molar-refractivity contribution in [3.8, 4) is 6.07 Å². The van der Waals surface area contributed by atoms with Crippen LogP contribution < -0.4 is 5.32 Å². The van der Waals surface area contributed by atoms with E-state index in [1.807, 2.05) is 13.8 Å². The SMILES string of the molecule is C[C@@H]1CN([C@H](C)C(=O)Nc2cccc(C#N)c2)CCO1. The predicted octanol–water partition coefficient (Wildman–Crippen LogP) is 1.61. The number of carbonyl (C=O) groups excluding carboxylic acids is 1. The Bertz CT molecular complexity index is 524. The molecule has 1 fully saturated rings. The van der Waals surface area contributed by atoms with Gasteiger partial charge in [0.2, 0.25) is 5.91 Å². The number of hydrogen-bond acceptors (Lipinski definition) is 4. The molecule has 0 aromatic heterocycles. The lowest BCUT2D eigenvalue weighted by molar-refractivity contribution is -0.123. The summed E-state index contributed by atoms with van der Waals surface area (Å²) in [5.74, 6) is -0.0609. The molecule has 0 saturated carbocycles. The van der Waals surface area contributed by atoms with Crippen molar-refractivity contribution in [3.63, 3.8) is 0 Å². The molecule has 0 radical (unpaired) electrons. The summed E-state index contributed by atoms with van der Waals surface area (Å²) in [6.07, 6.45) is 0.154. The van der Waals surface area contributed by atoms with Gasteiger partial charge in [-0.3, -0.25) is 9.69 Å². The lowest BCUT2D eigenvalue weighted by Gasteiger charge is -2.34. The van der Waals surface area contributed by atoms with Gasteiger partial charge in [0.25, 0.3) is 0 Å². The van der Waals surface area contributed by atoms with Gasteiger partial charge in [-0.2, -0.15) is 5.26 Å². The number of carbonyl (C=O) groups is 1. The maximum atomic E-state index is 12.2. The Labute approximate surface area is 119 Å². The number of nitrogens with one attached hydrogen (secondary N) is 1. The van der Waals surface area contributed by atoms with Gasteiger partial charge < -0.3 is 10.1 Å². The van der Waals surface area contributed by atoms with Crippen molar-refractivity contribution >= 4 is 11.6 Å². The normalized spacial score (nSPS) is 20.9. The number of nitrogens with zero attached hydrogens (tertiary/aromatic N) is 2. The number of rotatable bonds is 3. The van der Waals surface area contributed by atoms with Crippen LogP contribution in [-0.2, 0) is 9.53 Å². The van der Waals surface area contributed by atoms with E-state index in [-0.39, 0.29) is 18.1 Å². The van der Waals surface area contributed by atoms with Crippen molar-refractivity contribution in [2.45, 2.75) is 26.0 Å². The number of benzene rings is 1. The molecule has 1 aromatic carbocycles. The standard InChI is InChI=1S/C15H19N3O2/c1-11-10-18(6-7-20-11)12(2)15(19)17-14-5-3-4-13(8-14)9-16/h3-5,8,11-12H,6-7,10H2,1-2H3,(H,17,19)/t11-,12-/m1/s1. The molecule has 0 spiro atoms. The molecule has 0 bridgehead atoms. The molecule has 2 atom stereocenters. The van der Waals surface area contributed by atoms with Crippen LogP contribution in [0.2, 0.25) is 0 Å². The highest BCUT2D eigenvalue weighted by atomic mass is 16.5. The Hall–Kier alpha value is -1.90. The number of amides is 1. The van der Waals surface area contributed by atoms with E-state index in [1.54, 1.807) is 24.3 Å². The van der Waals surface area contributed by atoms with Crippen molar-refractivity contribution in [2.24, 2.45) is 0 Å². The fourth-order valence-corrected chi connectivity index (χ4v) is 2.28. The van der Waals surface area contributed by atoms with E-state index in [9.17, 15) is 4.79 Å². The molecular formula is C15H19N3O2. The summed E-state index contributed by atoms with van der Waals surface area (Å²) >= 11 is 0. The van der Waals surface area contributed by atoms with Crippen molar-refractivity contribution in [3.05, 3.63) is 29.8 Å². The largest absolute Gasteiger partial charge is 0.376 e. The summed E-state index contributed by atoms with van der Waals surface area (Å²) in [5.41, 5.74) is 1.19. The zero-order valence-electron chi connectivity index (χ0n) is 11.8. The highest BCUT2D eigenvalue weighted by molar-refractivity contribution is 5.94. The minimum Gasteiger partial charge on any atom is -0.376 e. The van der Waals surface area contributed by atoms with E-state index in [4.69, 9.17) is 10.00 Å². The van der Waals surface area contributed by atoms with Gasteiger partial charge in [-0.1, -0.05) is 6.07 Å². The van der Waals surface area contributed by atoms with Gasteiger partial charge in [-0.15, -0.1) is 0 Å². The first-order valence-electron chi connectivity index (χ1n) is 6.77. The third-order valence-corrected chi connectivity index (χ3v) is 3.46. The second kappa shape index (κ2) is 6.51. The van der Waals surface area contributed by atoms with Crippen molar-refractivity contribution in [1.82, 2.24) is 4.90 Å². The Morgan fingerprint density at radius 3 is 3.10 bits per heavy atom. The van der Waals surface area contributed by atoms with Crippen molar-refractivity contribution in [2.75, 3.05) is 25.0 Å². The van der Waals surface area contributed by atoms with Gasteiger partial charge in [0.05, 0.1) is 30.4 Å². The molecule has 0 unspecified atom stereocenters. The predicted molar refractivity (Wildman–Crippen MR) is 76.2 cm³/mol. The Morgan fingerprint density at radius 2 is 2.40 bits per heavy atom. The van der Waals surface area contributed by atoms with Crippen LogP contribution in [0.15, 0.2) is 24.3 Å². The highest BCUT2D eigenvalue weighted by Crippen LogP contribution is 2.13. The zero-order valence-corrected chi connectivity index (χ0v) is 11.8. The molecule has 1 aromatic rings. The Balaban J connectivity index is 1.98. The second-order valence-corrected chi connectivity index (χ2v) is 5.03. The van der Waals surface area contributed by atoms with Crippen molar-refractivity contribution in [1.29, 1.82) is 5.26 Å². The van der Waals surface area contributed by atoms with Crippen LogP contribution in [-0.4, -0.2) is 42.6 Å². The van der Waals surface area contributed by atoms with Gasteiger partial charge >= 0.3 is 0 Å².